The van der Waals surface area contributed by atoms with E-state index in [9.17, 15) is 9.59 Å². The Balaban J connectivity index is 1.23. The molecule has 4 rings (SSSR count). The number of piperazine rings is 1. The Kier molecular flexibility index (Phi) is 7.46. The second-order valence-corrected chi connectivity index (χ2v) is 11.3. The highest BCUT2D eigenvalue weighted by atomic mass is 35.5. The fourth-order valence-corrected chi connectivity index (χ4v) is 5.54. The summed E-state index contributed by atoms with van der Waals surface area (Å²) >= 11 is 6.14. The number of ether oxygens (including phenoxy) is 1. The number of benzene rings is 1. The molecule has 0 saturated carbocycles. The summed E-state index contributed by atoms with van der Waals surface area (Å²) in [6, 6.07) is 8.04. The molecule has 3 fully saturated rings. The smallest absolute Gasteiger partial charge is 0.312 e. The van der Waals surface area contributed by atoms with E-state index in [1.54, 1.807) is 0 Å². The van der Waals surface area contributed by atoms with Gasteiger partial charge in [0.05, 0.1) is 11.0 Å². The first-order valence-corrected chi connectivity index (χ1v) is 12.9. The molecule has 1 aromatic rings. The van der Waals surface area contributed by atoms with Crippen LogP contribution in [0.15, 0.2) is 24.3 Å². The summed E-state index contributed by atoms with van der Waals surface area (Å²) in [5.41, 5.74) is 0.229. The highest BCUT2D eigenvalue weighted by Crippen LogP contribution is 2.44. The van der Waals surface area contributed by atoms with Crippen molar-refractivity contribution in [2.75, 3.05) is 64.8 Å². The number of nitrogens with zero attached hydrogens (tertiary/aromatic N) is 4. The van der Waals surface area contributed by atoms with Crippen LogP contribution in [0.3, 0.4) is 0 Å². The second kappa shape index (κ2) is 10.0. The summed E-state index contributed by atoms with van der Waals surface area (Å²) in [4.78, 5) is 34.5. The normalized spacial score (nSPS) is 23.6. The fourth-order valence-electron chi connectivity index (χ4n) is 5.35. The molecule has 0 N–H and O–H groups in total. The summed E-state index contributed by atoms with van der Waals surface area (Å²) in [6.45, 7) is 10.0. The molecule has 0 bridgehead atoms. The minimum atomic E-state index is -0.542. The van der Waals surface area contributed by atoms with E-state index in [1.165, 1.54) is 5.69 Å². The van der Waals surface area contributed by atoms with E-state index in [2.05, 4.69) is 15.9 Å². The van der Waals surface area contributed by atoms with Crippen LogP contribution in [0.1, 0.15) is 39.5 Å². The molecule has 1 spiro atoms. The molecule has 0 unspecified atom stereocenters. The van der Waals surface area contributed by atoms with Crippen molar-refractivity contribution < 1.29 is 14.3 Å². The molecule has 7 nitrogen and oxygen atoms in total. The average molecular weight is 491 g/mol. The van der Waals surface area contributed by atoms with Crippen LogP contribution in [0.4, 0.5) is 5.69 Å². The average Bonchev–Trinajstić information content (AvgIpc) is 3.12. The number of likely N-dealkylation sites (tertiary alicyclic amines) is 1. The number of likely N-dealkylation sites (N-methyl/N-ethyl adjacent to an activating group) is 1. The maximum atomic E-state index is 13.0. The zero-order chi connectivity index (χ0) is 24.5. The number of hydrogen-bond acceptors (Lipinski definition) is 6. The molecule has 1 aromatic carbocycles. The molecule has 188 valence electrons. The molecule has 8 heteroatoms. The first-order chi connectivity index (χ1) is 16.1. The summed E-state index contributed by atoms with van der Waals surface area (Å²) in [6.07, 6.45) is 3.05. The first-order valence-electron chi connectivity index (χ1n) is 12.5. The molecule has 0 aliphatic carbocycles. The Morgan fingerprint density at radius 3 is 2.44 bits per heavy atom. The largest absolute Gasteiger partial charge is 0.462 e. The minimum Gasteiger partial charge on any atom is -0.462 e. The Bertz CT molecular complexity index is 890. The highest BCUT2D eigenvalue weighted by Gasteiger charge is 2.51. The summed E-state index contributed by atoms with van der Waals surface area (Å²) in [7, 11) is 3.86. The van der Waals surface area contributed by atoms with Crippen molar-refractivity contribution in [2.45, 2.75) is 51.2 Å². The molecule has 0 aromatic heterocycles. The van der Waals surface area contributed by atoms with Crippen molar-refractivity contribution in [2.24, 2.45) is 5.41 Å². The van der Waals surface area contributed by atoms with Gasteiger partial charge in [0.2, 0.25) is 5.91 Å². The van der Waals surface area contributed by atoms with Gasteiger partial charge in [-0.25, -0.2) is 0 Å². The Hall–Kier alpha value is -1.83. The molecular formula is C26H39ClN4O3. The van der Waals surface area contributed by atoms with Crippen LogP contribution < -0.4 is 4.90 Å². The van der Waals surface area contributed by atoms with Crippen LogP contribution in [0.25, 0.3) is 0 Å². The van der Waals surface area contributed by atoms with Crippen LogP contribution in [-0.2, 0) is 14.3 Å². The molecule has 1 atom stereocenters. The van der Waals surface area contributed by atoms with Gasteiger partial charge in [-0.3, -0.25) is 19.4 Å². The van der Waals surface area contributed by atoms with E-state index < -0.39 is 11.0 Å². The second-order valence-electron chi connectivity index (χ2n) is 10.9. The van der Waals surface area contributed by atoms with Gasteiger partial charge < -0.3 is 14.5 Å². The standard InChI is InChI=1S/C26H39ClN4O3/c1-25(2,28(3)4)23(32)31-12-9-26(10-13-31)19-22(34-24(26)33)8-11-29-14-16-30(17-15-29)21-7-5-6-20(27)18-21/h5-7,18,22H,8-17,19H2,1-4H3/t22-/m0/s1. The lowest BCUT2D eigenvalue weighted by molar-refractivity contribution is -0.154. The third kappa shape index (κ3) is 5.21. The number of hydrogen-bond donors (Lipinski definition) is 0. The van der Waals surface area contributed by atoms with Crippen molar-refractivity contribution in [3.63, 3.8) is 0 Å². The zero-order valence-corrected chi connectivity index (χ0v) is 21.8. The topological polar surface area (TPSA) is 56.3 Å². The van der Waals surface area contributed by atoms with Gasteiger partial charge in [0.1, 0.15) is 6.10 Å². The molecule has 0 radical (unpaired) electrons. The number of halogens is 1. The Morgan fingerprint density at radius 2 is 1.82 bits per heavy atom. The predicted molar refractivity (Wildman–Crippen MR) is 135 cm³/mol. The SMILES string of the molecule is CN(C)C(C)(C)C(=O)N1CCC2(CC1)C[C@H](CCN1CCN(c3cccc(Cl)c3)CC1)OC2=O. The van der Waals surface area contributed by atoms with Gasteiger partial charge in [0, 0.05) is 62.9 Å². The number of rotatable bonds is 6. The molecule has 1 amide bonds. The van der Waals surface area contributed by atoms with E-state index in [0.717, 1.165) is 50.6 Å². The predicted octanol–water partition coefficient (Wildman–Crippen LogP) is 3.12. The number of carbonyl (C=O) groups excluding carboxylic acids is 2. The third-order valence-electron chi connectivity index (χ3n) is 8.29. The zero-order valence-electron chi connectivity index (χ0n) is 21.1. The van der Waals surface area contributed by atoms with Gasteiger partial charge in [-0.05, 0) is 65.4 Å². The van der Waals surface area contributed by atoms with Crippen molar-refractivity contribution >= 4 is 29.2 Å². The number of carbonyl (C=O) groups is 2. The number of amides is 1. The number of piperidine rings is 1. The summed E-state index contributed by atoms with van der Waals surface area (Å²) in [5, 5.41) is 0.772. The molecule has 3 heterocycles. The number of anilines is 1. The maximum Gasteiger partial charge on any atom is 0.312 e. The van der Waals surface area contributed by atoms with Gasteiger partial charge in [-0.1, -0.05) is 17.7 Å². The van der Waals surface area contributed by atoms with Crippen molar-refractivity contribution in [1.29, 1.82) is 0 Å². The van der Waals surface area contributed by atoms with Gasteiger partial charge in [-0.15, -0.1) is 0 Å². The van der Waals surface area contributed by atoms with Crippen molar-refractivity contribution in [1.82, 2.24) is 14.7 Å². The van der Waals surface area contributed by atoms with Crippen LogP contribution >= 0.6 is 11.6 Å². The number of cyclic esters (lactones) is 1. The Morgan fingerprint density at radius 1 is 1.15 bits per heavy atom. The van der Waals surface area contributed by atoms with Crippen LogP contribution in [0.5, 0.6) is 0 Å². The van der Waals surface area contributed by atoms with E-state index in [-0.39, 0.29) is 18.0 Å². The fraction of sp³-hybridized carbons (Fsp3) is 0.692. The third-order valence-corrected chi connectivity index (χ3v) is 8.52. The molecule has 34 heavy (non-hydrogen) atoms. The molecule has 3 aliphatic heterocycles. The maximum absolute atomic E-state index is 13.0. The lowest BCUT2D eigenvalue weighted by atomic mass is 9.75. The van der Waals surface area contributed by atoms with E-state index in [4.69, 9.17) is 16.3 Å². The van der Waals surface area contributed by atoms with Crippen LogP contribution in [-0.4, -0.2) is 98.1 Å². The minimum absolute atomic E-state index is 0.0149. The van der Waals surface area contributed by atoms with Gasteiger partial charge >= 0.3 is 5.97 Å². The van der Waals surface area contributed by atoms with Gasteiger partial charge in [0.15, 0.2) is 0 Å². The lowest BCUT2D eigenvalue weighted by Crippen LogP contribution is -2.56. The highest BCUT2D eigenvalue weighted by molar-refractivity contribution is 6.30. The first kappa shape index (κ1) is 25.3. The van der Waals surface area contributed by atoms with E-state index >= 15 is 0 Å². The monoisotopic (exact) mass is 490 g/mol. The van der Waals surface area contributed by atoms with Crippen molar-refractivity contribution in [3.05, 3.63) is 29.3 Å². The van der Waals surface area contributed by atoms with Gasteiger partial charge in [-0.2, -0.15) is 0 Å². The van der Waals surface area contributed by atoms with Gasteiger partial charge in [0.25, 0.3) is 0 Å². The number of esters is 1. The van der Waals surface area contributed by atoms with Crippen LogP contribution in [0.2, 0.25) is 5.02 Å². The quantitative estimate of drug-likeness (QED) is 0.571. The van der Waals surface area contributed by atoms with Crippen LogP contribution in [0, 0.1) is 5.41 Å². The van der Waals surface area contributed by atoms with E-state index in [1.807, 2.05) is 55.9 Å². The Labute approximate surface area is 208 Å². The van der Waals surface area contributed by atoms with Crippen molar-refractivity contribution in [3.8, 4) is 0 Å². The summed E-state index contributed by atoms with van der Waals surface area (Å²) < 4.78 is 5.85. The molecular weight excluding hydrogens is 452 g/mol. The van der Waals surface area contributed by atoms with E-state index in [0.29, 0.717) is 25.9 Å². The molecule has 3 saturated heterocycles. The lowest BCUT2D eigenvalue weighted by Gasteiger charge is -2.41. The molecule has 3 aliphatic rings. The summed E-state index contributed by atoms with van der Waals surface area (Å²) in [5.74, 6) is 0.0782.